The molecule has 0 atom stereocenters. The average Bonchev–Trinajstić information content (AvgIpc) is 2.68. The van der Waals surface area contributed by atoms with Crippen LogP contribution in [-0.4, -0.2) is 11.0 Å². The summed E-state index contributed by atoms with van der Waals surface area (Å²) in [5, 5.41) is 14.5. The highest BCUT2D eigenvalue weighted by molar-refractivity contribution is 9.10. The fourth-order valence-corrected chi connectivity index (χ4v) is 3.12. The first-order valence-corrected chi connectivity index (χ1v) is 7.13. The second-order valence-corrected chi connectivity index (χ2v) is 7.20. The Morgan fingerprint density at radius 3 is 2.37 bits per heavy atom. The Labute approximate surface area is 121 Å². The molecule has 0 spiro atoms. The molecule has 0 aromatic heterocycles. The van der Waals surface area contributed by atoms with E-state index >= 15 is 0 Å². The summed E-state index contributed by atoms with van der Waals surface area (Å²) in [6.45, 7) is 9.42. The van der Waals surface area contributed by atoms with E-state index in [0.29, 0.717) is 12.6 Å². The van der Waals surface area contributed by atoms with Crippen molar-refractivity contribution in [2.24, 2.45) is 10.8 Å². The normalized spacial score (nSPS) is 20.3. The molecule has 2 rings (SSSR count). The summed E-state index contributed by atoms with van der Waals surface area (Å²) < 4.78 is 0.732. The highest BCUT2D eigenvalue weighted by Gasteiger charge is 2.64. The minimum atomic E-state index is -0.328. The van der Waals surface area contributed by atoms with Crippen LogP contribution in [0.15, 0.2) is 22.7 Å². The lowest BCUT2D eigenvalue weighted by Crippen LogP contribution is -2.22. The first-order valence-electron chi connectivity index (χ1n) is 6.34. The predicted molar refractivity (Wildman–Crippen MR) is 79.0 cm³/mol. The molecule has 0 radical (unpaired) electrons. The molecule has 0 heterocycles. The van der Waals surface area contributed by atoms with Gasteiger partial charge in [0.25, 0.3) is 5.69 Å². The third-order valence-electron chi connectivity index (χ3n) is 4.76. The van der Waals surface area contributed by atoms with Gasteiger partial charge < -0.3 is 5.32 Å². The van der Waals surface area contributed by atoms with Crippen molar-refractivity contribution >= 4 is 21.6 Å². The molecule has 0 saturated heterocycles. The van der Waals surface area contributed by atoms with E-state index in [1.165, 1.54) is 0 Å². The fraction of sp³-hybridized carbons (Fsp3) is 0.571. The summed E-state index contributed by atoms with van der Waals surface area (Å²) in [6, 6.07) is 5.59. The van der Waals surface area contributed by atoms with Crippen molar-refractivity contribution < 1.29 is 4.92 Å². The van der Waals surface area contributed by atoms with Gasteiger partial charge >= 0.3 is 0 Å². The van der Waals surface area contributed by atoms with Crippen LogP contribution in [0.3, 0.4) is 0 Å². The number of halogens is 1. The van der Waals surface area contributed by atoms with E-state index in [1.54, 1.807) is 12.1 Å². The summed E-state index contributed by atoms with van der Waals surface area (Å²) in [7, 11) is 0. The van der Waals surface area contributed by atoms with Gasteiger partial charge in [0.05, 0.1) is 4.92 Å². The van der Waals surface area contributed by atoms with Crippen molar-refractivity contribution in [2.75, 3.05) is 0 Å². The van der Waals surface area contributed by atoms with Gasteiger partial charge in [-0.3, -0.25) is 10.1 Å². The van der Waals surface area contributed by atoms with Crippen LogP contribution in [-0.2, 0) is 6.54 Å². The Balaban J connectivity index is 2.11. The maximum Gasteiger partial charge on any atom is 0.275 e. The van der Waals surface area contributed by atoms with E-state index in [0.717, 1.165) is 10.0 Å². The molecule has 5 heteroatoms. The van der Waals surface area contributed by atoms with E-state index in [9.17, 15) is 10.1 Å². The highest BCUT2D eigenvalue weighted by atomic mass is 79.9. The monoisotopic (exact) mass is 326 g/mol. The van der Waals surface area contributed by atoms with E-state index in [-0.39, 0.29) is 21.4 Å². The largest absolute Gasteiger partial charge is 0.309 e. The third kappa shape index (κ3) is 2.41. The summed E-state index contributed by atoms with van der Waals surface area (Å²) in [5.41, 5.74) is 1.36. The number of rotatable bonds is 4. The zero-order chi connectivity index (χ0) is 14.4. The number of nitro groups is 1. The third-order valence-corrected chi connectivity index (χ3v) is 5.25. The summed E-state index contributed by atoms with van der Waals surface area (Å²) in [4.78, 5) is 10.7. The summed E-state index contributed by atoms with van der Waals surface area (Å²) >= 11 is 3.27. The van der Waals surface area contributed by atoms with Crippen molar-refractivity contribution in [1.29, 1.82) is 0 Å². The zero-order valence-corrected chi connectivity index (χ0v) is 13.2. The van der Waals surface area contributed by atoms with Gasteiger partial charge in [-0.15, -0.1) is 0 Å². The molecule has 1 aliphatic rings. The molecule has 104 valence electrons. The molecule has 0 aliphatic heterocycles. The molecule has 0 amide bonds. The minimum absolute atomic E-state index is 0.165. The molecule has 1 aromatic rings. The molecule has 19 heavy (non-hydrogen) atoms. The van der Waals surface area contributed by atoms with E-state index in [1.807, 2.05) is 6.07 Å². The van der Waals surface area contributed by atoms with Crippen LogP contribution in [0.1, 0.15) is 33.3 Å². The SMILES string of the molecule is CC1(C)C(NCc2ccc(Br)cc2[N+](=O)[O-])C1(C)C. The van der Waals surface area contributed by atoms with Gasteiger partial charge in [-0.1, -0.05) is 43.6 Å². The van der Waals surface area contributed by atoms with Crippen LogP contribution in [0.5, 0.6) is 0 Å². The van der Waals surface area contributed by atoms with Crippen molar-refractivity contribution in [3.05, 3.63) is 38.3 Å². The van der Waals surface area contributed by atoms with Crippen LogP contribution in [0.2, 0.25) is 0 Å². The minimum Gasteiger partial charge on any atom is -0.309 e. The first kappa shape index (κ1) is 14.5. The lowest BCUT2D eigenvalue weighted by atomic mass is 10.0. The van der Waals surface area contributed by atoms with E-state index in [2.05, 4.69) is 48.9 Å². The number of nitrogens with zero attached hydrogens (tertiary/aromatic N) is 1. The summed E-state index contributed by atoms with van der Waals surface area (Å²) in [6.07, 6.45) is 0. The topological polar surface area (TPSA) is 55.2 Å². The van der Waals surface area contributed by atoms with Crippen molar-refractivity contribution in [1.82, 2.24) is 5.32 Å². The van der Waals surface area contributed by atoms with Crippen LogP contribution in [0, 0.1) is 20.9 Å². The second kappa shape index (κ2) is 4.56. The molecule has 1 aliphatic carbocycles. The number of hydrogen-bond acceptors (Lipinski definition) is 3. The highest BCUT2D eigenvalue weighted by Crippen LogP contribution is 2.62. The Kier molecular flexibility index (Phi) is 3.47. The number of hydrogen-bond donors (Lipinski definition) is 1. The zero-order valence-electron chi connectivity index (χ0n) is 11.7. The Hall–Kier alpha value is -0.940. The lowest BCUT2D eigenvalue weighted by molar-refractivity contribution is -0.385. The van der Waals surface area contributed by atoms with Crippen LogP contribution >= 0.6 is 15.9 Å². The van der Waals surface area contributed by atoms with Crippen molar-refractivity contribution in [3.8, 4) is 0 Å². The standard InChI is InChI=1S/C14H19BrN2O2/c1-13(2)12(14(13,3)4)16-8-9-5-6-10(15)7-11(9)17(18)19/h5-7,12,16H,8H2,1-4H3. The lowest BCUT2D eigenvalue weighted by Gasteiger charge is -2.07. The van der Waals surface area contributed by atoms with Gasteiger partial charge in [0.1, 0.15) is 0 Å². The van der Waals surface area contributed by atoms with Crippen molar-refractivity contribution in [3.63, 3.8) is 0 Å². The van der Waals surface area contributed by atoms with Gasteiger partial charge in [-0.05, 0) is 23.0 Å². The Bertz CT molecular complexity index is 512. The number of nitro benzene ring substituents is 1. The molecule has 1 aromatic carbocycles. The molecular formula is C14H19BrN2O2. The number of nitrogens with one attached hydrogen (secondary N) is 1. The molecule has 0 bridgehead atoms. The molecule has 0 unspecified atom stereocenters. The summed E-state index contributed by atoms with van der Waals surface area (Å²) in [5.74, 6) is 0. The maximum absolute atomic E-state index is 11.0. The van der Waals surface area contributed by atoms with E-state index in [4.69, 9.17) is 0 Å². The first-order chi connectivity index (χ1) is 8.68. The smallest absolute Gasteiger partial charge is 0.275 e. The predicted octanol–water partition coefficient (Wildman–Crippen LogP) is 3.88. The fourth-order valence-electron chi connectivity index (χ4n) is 2.78. The molecular weight excluding hydrogens is 308 g/mol. The average molecular weight is 327 g/mol. The quantitative estimate of drug-likeness (QED) is 0.674. The van der Waals surface area contributed by atoms with Crippen LogP contribution < -0.4 is 5.32 Å². The van der Waals surface area contributed by atoms with Gasteiger partial charge in [0.2, 0.25) is 0 Å². The Morgan fingerprint density at radius 1 is 1.32 bits per heavy atom. The van der Waals surface area contributed by atoms with Crippen molar-refractivity contribution in [2.45, 2.75) is 40.3 Å². The molecule has 1 N–H and O–H groups in total. The molecule has 1 saturated carbocycles. The second-order valence-electron chi connectivity index (χ2n) is 6.29. The van der Waals surface area contributed by atoms with Gasteiger partial charge in [0, 0.05) is 28.7 Å². The molecule has 4 nitrogen and oxygen atoms in total. The van der Waals surface area contributed by atoms with Gasteiger partial charge in [-0.2, -0.15) is 0 Å². The van der Waals surface area contributed by atoms with Gasteiger partial charge in [0.15, 0.2) is 0 Å². The van der Waals surface area contributed by atoms with Gasteiger partial charge in [-0.25, -0.2) is 0 Å². The van der Waals surface area contributed by atoms with Crippen LogP contribution in [0.25, 0.3) is 0 Å². The van der Waals surface area contributed by atoms with Crippen LogP contribution in [0.4, 0.5) is 5.69 Å². The Morgan fingerprint density at radius 2 is 1.89 bits per heavy atom. The molecule has 1 fully saturated rings. The number of benzene rings is 1. The maximum atomic E-state index is 11.0. The van der Waals surface area contributed by atoms with E-state index < -0.39 is 0 Å².